The zero-order valence-corrected chi connectivity index (χ0v) is 9.13. The Morgan fingerprint density at radius 3 is 2.88 bits per heavy atom. The van der Waals surface area contributed by atoms with Gasteiger partial charge in [0, 0.05) is 6.08 Å². The van der Waals surface area contributed by atoms with Crippen LogP contribution in [0.2, 0.25) is 0 Å². The normalized spacial score (nSPS) is 12.2. The molecule has 5 heteroatoms. The molecule has 1 amide bonds. The van der Waals surface area contributed by atoms with Crippen molar-refractivity contribution >= 4 is 18.0 Å². The molecule has 1 rings (SSSR count). The molecule has 1 aromatic rings. The molecule has 0 aliphatic carbocycles. The largest absolute Gasteiger partial charge is 0.480 e. The van der Waals surface area contributed by atoms with Crippen molar-refractivity contribution in [2.75, 3.05) is 0 Å². The molecule has 0 aliphatic rings. The van der Waals surface area contributed by atoms with Gasteiger partial charge in [0.05, 0.1) is 6.26 Å². The number of rotatable bonds is 6. The molecule has 0 fully saturated rings. The van der Waals surface area contributed by atoms with E-state index in [-0.39, 0.29) is 6.42 Å². The molecule has 2 N–H and O–H groups in total. The third-order valence-electron chi connectivity index (χ3n) is 1.96. The smallest absolute Gasteiger partial charge is 0.326 e. The van der Waals surface area contributed by atoms with Crippen LogP contribution in [0.1, 0.15) is 12.2 Å². The Morgan fingerprint density at radius 2 is 2.35 bits per heavy atom. The lowest BCUT2D eigenvalue weighted by molar-refractivity contribution is -0.141. The van der Waals surface area contributed by atoms with Crippen LogP contribution < -0.4 is 5.32 Å². The van der Waals surface area contributed by atoms with Gasteiger partial charge in [-0.1, -0.05) is 6.08 Å². The van der Waals surface area contributed by atoms with Gasteiger partial charge in [-0.2, -0.15) is 0 Å². The van der Waals surface area contributed by atoms with E-state index in [1.54, 1.807) is 12.1 Å². The molecule has 90 valence electrons. The highest BCUT2D eigenvalue weighted by atomic mass is 16.4. The van der Waals surface area contributed by atoms with Crippen molar-refractivity contribution in [1.29, 1.82) is 0 Å². The lowest BCUT2D eigenvalue weighted by atomic mass is 10.2. The fourth-order valence-electron chi connectivity index (χ4n) is 1.15. The van der Waals surface area contributed by atoms with Crippen molar-refractivity contribution in [3.63, 3.8) is 0 Å². The van der Waals surface area contributed by atoms with Gasteiger partial charge in [-0.05, 0) is 24.6 Å². The van der Waals surface area contributed by atoms with E-state index < -0.39 is 17.9 Å². The number of hydrogen-bond acceptors (Lipinski definition) is 3. The van der Waals surface area contributed by atoms with Crippen LogP contribution in [0.25, 0.3) is 6.08 Å². The molecular weight excluding hydrogens is 222 g/mol. The van der Waals surface area contributed by atoms with Gasteiger partial charge in [0.2, 0.25) is 5.91 Å². The highest BCUT2D eigenvalue weighted by Crippen LogP contribution is 2.02. The van der Waals surface area contributed by atoms with Crippen molar-refractivity contribution < 1.29 is 19.1 Å². The Bertz CT molecular complexity index is 420. The molecule has 0 aliphatic heterocycles. The first-order chi connectivity index (χ1) is 8.13. The summed E-state index contributed by atoms with van der Waals surface area (Å²) in [6.07, 6.45) is 5.78. The molecule has 0 saturated heterocycles. The first kappa shape index (κ1) is 12.8. The lowest BCUT2D eigenvalue weighted by Crippen LogP contribution is -2.39. The number of carboxylic acids is 1. The van der Waals surface area contributed by atoms with E-state index in [9.17, 15) is 9.59 Å². The first-order valence-corrected chi connectivity index (χ1v) is 4.99. The zero-order chi connectivity index (χ0) is 12.7. The van der Waals surface area contributed by atoms with E-state index in [4.69, 9.17) is 9.52 Å². The van der Waals surface area contributed by atoms with Gasteiger partial charge in [0.1, 0.15) is 11.8 Å². The van der Waals surface area contributed by atoms with Gasteiger partial charge >= 0.3 is 5.97 Å². The number of carbonyl (C=O) groups is 2. The summed E-state index contributed by atoms with van der Waals surface area (Å²) in [5, 5.41) is 11.1. The fraction of sp³-hybridized carbons (Fsp3) is 0.167. The van der Waals surface area contributed by atoms with Crippen molar-refractivity contribution in [1.82, 2.24) is 5.32 Å². The van der Waals surface area contributed by atoms with Crippen LogP contribution in [0.5, 0.6) is 0 Å². The predicted octanol–water partition coefficient (Wildman–Crippen LogP) is 1.44. The summed E-state index contributed by atoms with van der Waals surface area (Å²) in [4.78, 5) is 22.1. The third kappa shape index (κ3) is 4.38. The van der Waals surface area contributed by atoms with E-state index in [0.717, 1.165) is 0 Å². The number of hydrogen-bond donors (Lipinski definition) is 2. The maximum atomic E-state index is 11.4. The van der Waals surface area contributed by atoms with E-state index in [1.807, 2.05) is 0 Å². The SMILES string of the molecule is C=CCC(NC(=O)/C=C/c1ccco1)C(=O)O. The zero-order valence-electron chi connectivity index (χ0n) is 9.13. The van der Waals surface area contributed by atoms with Crippen molar-refractivity contribution in [3.05, 3.63) is 42.9 Å². The molecule has 1 heterocycles. The molecule has 1 atom stereocenters. The molecule has 1 unspecified atom stereocenters. The molecular formula is C12H13NO4. The quantitative estimate of drug-likeness (QED) is 0.577. The minimum absolute atomic E-state index is 0.176. The van der Waals surface area contributed by atoms with Gasteiger partial charge in [0.25, 0.3) is 0 Å². The minimum Gasteiger partial charge on any atom is -0.480 e. The van der Waals surface area contributed by atoms with Crippen LogP contribution in [0, 0.1) is 0 Å². The number of furan rings is 1. The molecule has 5 nitrogen and oxygen atoms in total. The van der Waals surface area contributed by atoms with E-state index in [0.29, 0.717) is 5.76 Å². The number of carboxylic acid groups (broad SMARTS) is 1. The summed E-state index contributed by atoms with van der Waals surface area (Å²) < 4.78 is 4.98. The van der Waals surface area contributed by atoms with E-state index in [1.165, 1.54) is 24.5 Å². The number of amides is 1. The molecule has 0 aromatic carbocycles. The summed E-state index contributed by atoms with van der Waals surface area (Å²) >= 11 is 0. The summed E-state index contributed by atoms with van der Waals surface area (Å²) in [7, 11) is 0. The second-order valence-corrected chi connectivity index (χ2v) is 3.27. The Morgan fingerprint density at radius 1 is 1.59 bits per heavy atom. The van der Waals surface area contributed by atoms with Crippen LogP contribution in [-0.2, 0) is 9.59 Å². The molecule has 0 saturated carbocycles. The van der Waals surface area contributed by atoms with Crippen LogP contribution in [-0.4, -0.2) is 23.0 Å². The number of nitrogens with one attached hydrogen (secondary N) is 1. The molecule has 1 aromatic heterocycles. The maximum absolute atomic E-state index is 11.4. The molecule has 17 heavy (non-hydrogen) atoms. The van der Waals surface area contributed by atoms with Crippen molar-refractivity contribution in [2.24, 2.45) is 0 Å². The highest BCUT2D eigenvalue weighted by Gasteiger charge is 2.16. The van der Waals surface area contributed by atoms with Crippen LogP contribution >= 0.6 is 0 Å². The van der Waals surface area contributed by atoms with E-state index in [2.05, 4.69) is 11.9 Å². The topological polar surface area (TPSA) is 79.5 Å². The van der Waals surface area contributed by atoms with Gasteiger partial charge < -0.3 is 14.8 Å². The number of aliphatic carboxylic acids is 1. The first-order valence-electron chi connectivity index (χ1n) is 4.99. The van der Waals surface area contributed by atoms with E-state index >= 15 is 0 Å². The van der Waals surface area contributed by atoms with Gasteiger partial charge in [0.15, 0.2) is 0 Å². The Hall–Kier alpha value is -2.30. The van der Waals surface area contributed by atoms with Crippen LogP contribution in [0.4, 0.5) is 0 Å². The Labute approximate surface area is 98.4 Å². The summed E-state index contributed by atoms with van der Waals surface area (Å²) in [6.45, 7) is 3.43. The average Bonchev–Trinajstić information content (AvgIpc) is 2.78. The molecule has 0 radical (unpaired) electrons. The molecule has 0 spiro atoms. The van der Waals surface area contributed by atoms with Gasteiger partial charge in [-0.15, -0.1) is 6.58 Å². The number of carbonyl (C=O) groups excluding carboxylic acids is 1. The summed E-state index contributed by atoms with van der Waals surface area (Å²) in [5.74, 6) is -1.06. The van der Waals surface area contributed by atoms with Gasteiger partial charge in [-0.25, -0.2) is 4.79 Å². The standard InChI is InChI=1S/C12H13NO4/c1-2-4-10(12(15)16)13-11(14)7-6-9-5-3-8-17-9/h2-3,5-8,10H,1,4H2,(H,13,14)(H,15,16)/b7-6+. The molecule has 0 bridgehead atoms. The second-order valence-electron chi connectivity index (χ2n) is 3.27. The summed E-state index contributed by atoms with van der Waals surface area (Å²) in [5.41, 5.74) is 0. The highest BCUT2D eigenvalue weighted by molar-refractivity contribution is 5.94. The van der Waals surface area contributed by atoms with Crippen LogP contribution in [0.3, 0.4) is 0 Å². The summed E-state index contributed by atoms with van der Waals surface area (Å²) in [6, 6.07) is 2.42. The van der Waals surface area contributed by atoms with Crippen LogP contribution in [0.15, 0.2) is 41.5 Å². The average molecular weight is 235 g/mol. The fourth-order valence-corrected chi connectivity index (χ4v) is 1.15. The lowest BCUT2D eigenvalue weighted by Gasteiger charge is -2.10. The minimum atomic E-state index is -1.09. The van der Waals surface area contributed by atoms with Crippen molar-refractivity contribution in [3.8, 4) is 0 Å². The monoisotopic (exact) mass is 235 g/mol. The Kier molecular flexibility index (Phi) is 4.75. The van der Waals surface area contributed by atoms with Crippen molar-refractivity contribution in [2.45, 2.75) is 12.5 Å². The Balaban J connectivity index is 2.53. The second kappa shape index (κ2) is 6.32. The predicted molar refractivity (Wildman–Crippen MR) is 62.1 cm³/mol. The third-order valence-corrected chi connectivity index (χ3v) is 1.96. The maximum Gasteiger partial charge on any atom is 0.326 e. The van der Waals surface area contributed by atoms with Gasteiger partial charge in [-0.3, -0.25) is 4.79 Å².